The highest BCUT2D eigenvalue weighted by molar-refractivity contribution is 6.20. The molecule has 0 aliphatic heterocycles. The van der Waals surface area contributed by atoms with Crippen molar-refractivity contribution in [1.82, 2.24) is 5.32 Å². The molecule has 2 nitrogen and oxygen atoms in total. The molecule has 1 aliphatic rings. The maximum absolute atomic E-state index is 12.8. The first-order chi connectivity index (χ1) is 8.36. The number of rotatable bonds is 4. The Labute approximate surface area is 110 Å². The Kier molecular flexibility index (Phi) is 5.76. The molecular formula is C12H19ClF3NO. The monoisotopic (exact) mass is 285 g/mol. The number of nitrogens with one attached hydrogen (secondary N) is 1. The molecule has 0 aromatic rings. The van der Waals surface area contributed by atoms with E-state index in [1.165, 1.54) is 0 Å². The molecule has 106 valence electrons. The van der Waals surface area contributed by atoms with Crippen molar-refractivity contribution in [2.24, 2.45) is 11.8 Å². The van der Waals surface area contributed by atoms with Crippen LogP contribution in [0.3, 0.4) is 0 Å². The normalized spacial score (nSPS) is 26.7. The Morgan fingerprint density at radius 1 is 1.39 bits per heavy atom. The Bertz CT molecular complexity index is 283. The average molecular weight is 286 g/mol. The highest BCUT2D eigenvalue weighted by Crippen LogP contribution is 2.41. The minimum absolute atomic E-state index is 0.0552. The molecule has 0 spiro atoms. The van der Waals surface area contributed by atoms with E-state index in [1.54, 1.807) is 0 Å². The number of hydrogen-bond acceptors (Lipinski definition) is 1. The summed E-state index contributed by atoms with van der Waals surface area (Å²) in [5, 5.41) is 2.31. The van der Waals surface area contributed by atoms with E-state index in [0.717, 1.165) is 0 Å². The van der Waals surface area contributed by atoms with Crippen molar-refractivity contribution in [3.05, 3.63) is 0 Å². The second-order valence-corrected chi connectivity index (χ2v) is 5.41. The first-order valence-corrected chi connectivity index (χ1v) is 6.78. The fourth-order valence-corrected chi connectivity index (χ4v) is 2.40. The van der Waals surface area contributed by atoms with Gasteiger partial charge in [-0.3, -0.25) is 4.79 Å². The van der Waals surface area contributed by atoms with Crippen LogP contribution in [0.2, 0.25) is 0 Å². The molecule has 3 unspecified atom stereocenters. The van der Waals surface area contributed by atoms with Crippen molar-refractivity contribution in [1.29, 1.82) is 0 Å². The number of halogens is 4. The maximum atomic E-state index is 12.8. The van der Waals surface area contributed by atoms with Gasteiger partial charge >= 0.3 is 6.18 Å². The van der Waals surface area contributed by atoms with E-state index < -0.39 is 23.9 Å². The molecule has 0 aromatic heterocycles. The summed E-state index contributed by atoms with van der Waals surface area (Å²) in [6.07, 6.45) is -2.01. The molecule has 3 atom stereocenters. The highest BCUT2D eigenvalue weighted by Gasteiger charge is 2.47. The van der Waals surface area contributed by atoms with Crippen molar-refractivity contribution in [3.63, 3.8) is 0 Å². The molecule has 0 aromatic carbocycles. The van der Waals surface area contributed by atoms with Crippen molar-refractivity contribution in [2.45, 2.75) is 50.6 Å². The summed E-state index contributed by atoms with van der Waals surface area (Å²) in [5.74, 6) is -2.95. The summed E-state index contributed by atoms with van der Waals surface area (Å²) >= 11 is 5.84. The molecular weight excluding hydrogens is 267 g/mol. The van der Waals surface area contributed by atoms with Gasteiger partial charge in [0.25, 0.3) is 0 Å². The average Bonchev–Trinajstić information content (AvgIpc) is 2.34. The van der Waals surface area contributed by atoms with Gasteiger partial charge in [-0.05, 0) is 19.3 Å². The summed E-state index contributed by atoms with van der Waals surface area (Å²) in [6.45, 7) is 2.10. The molecule has 1 fully saturated rings. The van der Waals surface area contributed by atoms with Crippen LogP contribution in [-0.2, 0) is 4.79 Å². The van der Waals surface area contributed by atoms with Crippen LogP contribution in [0.15, 0.2) is 0 Å². The number of carbonyl (C=O) groups is 1. The minimum atomic E-state index is -4.28. The molecule has 0 saturated heterocycles. The van der Waals surface area contributed by atoms with Crippen LogP contribution in [0.25, 0.3) is 0 Å². The van der Waals surface area contributed by atoms with Gasteiger partial charge in [0.05, 0.1) is 11.3 Å². The third-order valence-corrected chi connectivity index (χ3v) is 3.93. The van der Waals surface area contributed by atoms with Gasteiger partial charge < -0.3 is 5.32 Å². The van der Waals surface area contributed by atoms with Crippen LogP contribution in [-0.4, -0.2) is 24.0 Å². The lowest BCUT2D eigenvalue weighted by Gasteiger charge is -2.32. The topological polar surface area (TPSA) is 29.1 Å². The SMILES string of the molecule is CCC(Cl)CNC(=O)C1CCCCC1C(F)(F)F. The van der Waals surface area contributed by atoms with Crippen molar-refractivity contribution in [3.8, 4) is 0 Å². The zero-order valence-electron chi connectivity index (χ0n) is 10.4. The Morgan fingerprint density at radius 3 is 2.56 bits per heavy atom. The van der Waals surface area contributed by atoms with Crippen LogP contribution in [0, 0.1) is 11.8 Å². The van der Waals surface area contributed by atoms with E-state index in [1.807, 2.05) is 6.92 Å². The second kappa shape index (κ2) is 6.64. The summed E-state index contributed by atoms with van der Waals surface area (Å²) in [7, 11) is 0. The standard InChI is InChI=1S/C12H19ClF3NO/c1-2-8(13)7-17-11(18)9-5-3-4-6-10(9)12(14,15)16/h8-10H,2-7H2,1H3,(H,17,18). The summed E-state index contributed by atoms with van der Waals surface area (Å²) < 4.78 is 38.4. The van der Waals surface area contributed by atoms with Crippen LogP contribution in [0.5, 0.6) is 0 Å². The number of alkyl halides is 4. The lowest BCUT2D eigenvalue weighted by atomic mass is 9.78. The van der Waals surface area contributed by atoms with Crippen LogP contribution < -0.4 is 5.32 Å². The Balaban J connectivity index is 2.58. The molecule has 1 N–H and O–H groups in total. The van der Waals surface area contributed by atoms with Gasteiger partial charge in [-0.25, -0.2) is 0 Å². The van der Waals surface area contributed by atoms with Gasteiger partial charge in [-0.1, -0.05) is 19.8 Å². The van der Waals surface area contributed by atoms with E-state index in [-0.39, 0.29) is 18.3 Å². The summed E-state index contributed by atoms with van der Waals surface area (Å²) in [5.41, 5.74) is 0. The zero-order valence-corrected chi connectivity index (χ0v) is 11.2. The van der Waals surface area contributed by atoms with Gasteiger partial charge in [0, 0.05) is 12.5 Å². The van der Waals surface area contributed by atoms with E-state index in [0.29, 0.717) is 25.7 Å². The zero-order chi connectivity index (χ0) is 13.8. The predicted molar refractivity (Wildman–Crippen MR) is 64.4 cm³/mol. The van der Waals surface area contributed by atoms with E-state index >= 15 is 0 Å². The van der Waals surface area contributed by atoms with Crippen molar-refractivity contribution >= 4 is 17.5 Å². The predicted octanol–water partition coefficient (Wildman–Crippen LogP) is 3.49. The molecule has 0 radical (unpaired) electrons. The lowest BCUT2D eigenvalue weighted by Crippen LogP contribution is -2.43. The van der Waals surface area contributed by atoms with Gasteiger partial charge in [-0.15, -0.1) is 11.6 Å². The first-order valence-electron chi connectivity index (χ1n) is 6.34. The first kappa shape index (κ1) is 15.6. The third-order valence-electron chi connectivity index (χ3n) is 3.46. The Morgan fingerprint density at radius 2 is 2.00 bits per heavy atom. The molecule has 18 heavy (non-hydrogen) atoms. The molecule has 6 heteroatoms. The molecule has 1 amide bonds. The fourth-order valence-electron chi connectivity index (χ4n) is 2.32. The summed E-state index contributed by atoms with van der Waals surface area (Å²) in [4.78, 5) is 11.8. The van der Waals surface area contributed by atoms with Crippen molar-refractivity contribution < 1.29 is 18.0 Å². The van der Waals surface area contributed by atoms with Crippen LogP contribution in [0.4, 0.5) is 13.2 Å². The lowest BCUT2D eigenvalue weighted by molar-refractivity contribution is -0.198. The quantitative estimate of drug-likeness (QED) is 0.787. The molecule has 0 heterocycles. The number of carbonyl (C=O) groups excluding carboxylic acids is 1. The van der Waals surface area contributed by atoms with Gasteiger partial charge in [0.1, 0.15) is 0 Å². The summed E-state index contributed by atoms with van der Waals surface area (Å²) in [6, 6.07) is 0. The van der Waals surface area contributed by atoms with Gasteiger partial charge in [-0.2, -0.15) is 13.2 Å². The smallest absolute Gasteiger partial charge is 0.354 e. The molecule has 1 aliphatic carbocycles. The van der Waals surface area contributed by atoms with E-state index in [9.17, 15) is 18.0 Å². The van der Waals surface area contributed by atoms with Gasteiger partial charge in [0.15, 0.2) is 0 Å². The number of amides is 1. The van der Waals surface area contributed by atoms with Crippen LogP contribution >= 0.6 is 11.6 Å². The third kappa shape index (κ3) is 4.34. The maximum Gasteiger partial charge on any atom is 0.392 e. The van der Waals surface area contributed by atoms with E-state index in [4.69, 9.17) is 11.6 Å². The number of hydrogen-bond donors (Lipinski definition) is 1. The highest BCUT2D eigenvalue weighted by atomic mass is 35.5. The van der Waals surface area contributed by atoms with E-state index in [2.05, 4.69) is 5.32 Å². The molecule has 1 rings (SSSR count). The second-order valence-electron chi connectivity index (χ2n) is 4.79. The molecule has 0 bridgehead atoms. The Hall–Kier alpha value is -0.450. The van der Waals surface area contributed by atoms with Gasteiger partial charge in [0.2, 0.25) is 5.91 Å². The fraction of sp³-hybridized carbons (Fsp3) is 0.917. The molecule has 1 saturated carbocycles. The van der Waals surface area contributed by atoms with Crippen LogP contribution in [0.1, 0.15) is 39.0 Å². The minimum Gasteiger partial charge on any atom is -0.354 e. The van der Waals surface area contributed by atoms with Crippen molar-refractivity contribution in [2.75, 3.05) is 6.54 Å². The largest absolute Gasteiger partial charge is 0.392 e.